The molecule has 1 amide bonds. The highest BCUT2D eigenvalue weighted by Gasteiger charge is 2.24. The second-order valence-electron chi connectivity index (χ2n) is 9.53. The smallest absolute Gasteiger partial charge is 0.407 e. The Hall–Kier alpha value is -3.15. The van der Waals surface area contributed by atoms with E-state index in [0.29, 0.717) is 25.0 Å². The standard InChI is InChI=1S/C27H34N4O2.H2/c1-18(2)17-33-27(32)28-15-21-9-7-13-31(16-21)26-23-12-11-19(3)14-24(23)29-25(30-26)22-10-6-5-8-20(22)4;/h5-6,8,10-12,14,18,21H,7,9,13,15-17H2,1-4H3,(H,28,32);1H/t21-;/m0./s1. The van der Waals surface area contributed by atoms with Gasteiger partial charge in [0, 0.05) is 32.0 Å². The van der Waals surface area contributed by atoms with Crippen LogP contribution in [0.25, 0.3) is 22.3 Å². The summed E-state index contributed by atoms with van der Waals surface area (Å²) in [5.74, 6) is 2.42. The van der Waals surface area contributed by atoms with Gasteiger partial charge in [0.25, 0.3) is 0 Å². The SMILES string of the molecule is Cc1ccc2c(N3CCC[C@@H](CNC(=O)OCC(C)C)C3)nc(-c3ccccc3C)nc2c1.[HH]. The minimum absolute atomic E-state index is 0. The fourth-order valence-electron chi connectivity index (χ4n) is 4.35. The Balaban J connectivity index is 0.00000324. The highest BCUT2D eigenvalue weighted by atomic mass is 16.5. The number of carbonyl (C=O) groups excluding carboxylic acids is 1. The summed E-state index contributed by atoms with van der Waals surface area (Å²) in [7, 11) is 0. The van der Waals surface area contributed by atoms with Crippen LogP contribution in [0.5, 0.6) is 0 Å². The first-order valence-electron chi connectivity index (χ1n) is 11.9. The number of carbonyl (C=O) groups is 1. The minimum atomic E-state index is -0.328. The maximum Gasteiger partial charge on any atom is 0.407 e. The van der Waals surface area contributed by atoms with Crippen LogP contribution in [0.3, 0.4) is 0 Å². The van der Waals surface area contributed by atoms with Gasteiger partial charge in [0.2, 0.25) is 0 Å². The van der Waals surface area contributed by atoms with E-state index in [9.17, 15) is 4.79 Å². The predicted octanol–water partition coefficient (Wildman–Crippen LogP) is 5.76. The lowest BCUT2D eigenvalue weighted by molar-refractivity contribution is 0.131. The first-order chi connectivity index (χ1) is 15.9. The number of hydrogen-bond acceptors (Lipinski definition) is 5. The number of nitrogens with one attached hydrogen (secondary N) is 1. The molecule has 0 radical (unpaired) electrons. The Morgan fingerprint density at radius 3 is 2.82 bits per heavy atom. The van der Waals surface area contributed by atoms with Crippen LogP contribution >= 0.6 is 0 Å². The van der Waals surface area contributed by atoms with Gasteiger partial charge in [-0.1, -0.05) is 44.2 Å². The van der Waals surface area contributed by atoms with E-state index in [1.807, 2.05) is 26.0 Å². The van der Waals surface area contributed by atoms with Crippen molar-refractivity contribution >= 4 is 22.8 Å². The molecule has 2 aromatic carbocycles. The van der Waals surface area contributed by atoms with Gasteiger partial charge in [-0.15, -0.1) is 0 Å². The summed E-state index contributed by atoms with van der Waals surface area (Å²) in [4.78, 5) is 24.4. The quantitative estimate of drug-likeness (QED) is 0.519. The van der Waals surface area contributed by atoms with Crippen LogP contribution in [-0.2, 0) is 4.74 Å². The summed E-state index contributed by atoms with van der Waals surface area (Å²) in [6.07, 6.45) is 1.81. The Bertz CT molecular complexity index is 1130. The molecule has 33 heavy (non-hydrogen) atoms. The fraction of sp³-hybridized carbons (Fsp3) is 0.444. The number of amides is 1. The lowest BCUT2D eigenvalue weighted by Gasteiger charge is -2.34. The second kappa shape index (κ2) is 10.2. The van der Waals surface area contributed by atoms with E-state index in [-0.39, 0.29) is 7.52 Å². The number of piperidine rings is 1. The fourth-order valence-corrected chi connectivity index (χ4v) is 4.35. The molecule has 0 spiro atoms. The highest BCUT2D eigenvalue weighted by Crippen LogP contribution is 2.32. The van der Waals surface area contributed by atoms with Crippen molar-refractivity contribution in [2.75, 3.05) is 31.1 Å². The van der Waals surface area contributed by atoms with Gasteiger partial charge in [0.05, 0.1) is 12.1 Å². The summed E-state index contributed by atoms with van der Waals surface area (Å²) < 4.78 is 5.27. The summed E-state index contributed by atoms with van der Waals surface area (Å²) in [5.41, 5.74) is 4.38. The number of benzene rings is 2. The molecule has 1 aromatic heterocycles. The normalized spacial score (nSPS) is 16.3. The van der Waals surface area contributed by atoms with Crippen LogP contribution in [0, 0.1) is 25.7 Å². The van der Waals surface area contributed by atoms with Gasteiger partial charge in [-0.2, -0.15) is 0 Å². The molecule has 4 rings (SSSR count). The average Bonchev–Trinajstić information content (AvgIpc) is 2.81. The molecular formula is C27H36N4O2. The van der Waals surface area contributed by atoms with Crippen LogP contribution in [-0.4, -0.2) is 42.3 Å². The Morgan fingerprint density at radius 1 is 1.21 bits per heavy atom. The van der Waals surface area contributed by atoms with Gasteiger partial charge in [-0.05, 0) is 61.8 Å². The number of nitrogens with zero attached hydrogens (tertiary/aromatic N) is 3. The molecule has 1 fully saturated rings. The third kappa shape index (κ3) is 5.62. The van der Waals surface area contributed by atoms with E-state index in [1.165, 1.54) is 5.56 Å². The number of aryl methyl sites for hydroxylation is 2. The van der Waals surface area contributed by atoms with E-state index in [2.05, 4.69) is 54.4 Å². The number of hydrogen-bond donors (Lipinski definition) is 1. The molecule has 0 bridgehead atoms. The van der Waals surface area contributed by atoms with Gasteiger partial charge in [-0.25, -0.2) is 14.8 Å². The van der Waals surface area contributed by atoms with Gasteiger partial charge < -0.3 is 15.0 Å². The number of rotatable bonds is 6. The van der Waals surface area contributed by atoms with E-state index in [1.54, 1.807) is 0 Å². The molecule has 176 valence electrons. The number of fused-ring (bicyclic) bond motifs is 1. The lowest BCUT2D eigenvalue weighted by atomic mass is 9.97. The Labute approximate surface area is 197 Å². The van der Waals surface area contributed by atoms with Crippen LogP contribution in [0.1, 0.15) is 39.2 Å². The zero-order valence-electron chi connectivity index (χ0n) is 20.1. The third-order valence-electron chi connectivity index (χ3n) is 6.12. The Morgan fingerprint density at radius 2 is 2.03 bits per heavy atom. The maximum absolute atomic E-state index is 12.0. The molecule has 0 aliphatic carbocycles. The number of ether oxygens (including phenoxy) is 1. The number of alkyl carbamates (subject to hydrolysis) is 1. The van der Waals surface area contributed by atoms with E-state index < -0.39 is 0 Å². The zero-order chi connectivity index (χ0) is 23.4. The molecule has 1 aliphatic rings. The minimum Gasteiger partial charge on any atom is -0.449 e. The molecular weight excluding hydrogens is 412 g/mol. The van der Waals surface area contributed by atoms with Crippen molar-refractivity contribution in [2.45, 2.75) is 40.5 Å². The van der Waals surface area contributed by atoms with Crippen LogP contribution in [0.2, 0.25) is 0 Å². The molecule has 0 unspecified atom stereocenters. The highest BCUT2D eigenvalue weighted by molar-refractivity contribution is 5.91. The van der Waals surface area contributed by atoms with Crippen molar-refractivity contribution < 1.29 is 11.0 Å². The molecule has 2 heterocycles. The zero-order valence-corrected chi connectivity index (χ0v) is 20.1. The summed E-state index contributed by atoms with van der Waals surface area (Å²) in [6.45, 7) is 11.1. The van der Waals surface area contributed by atoms with Crippen LogP contribution < -0.4 is 10.2 Å². The largest absolute Gasteiger partial charge is 0.449 e. The van der Waals surface area contributed by atoms with Gasteiger partial charge in [-0.3, -0.25) is 0 Å². The van der Waals surface area contributed by atoms with Crippen LogP contribution in [0.4, 0.5) is 10.6 Å². The maximum atomic E-state index is 12.0. The monoisotopic (exact) mass is 448 g/mol. The summed E-state index contributed by atoms with van der Waals surface area (Å²) in [6, 6.07) is 14.6. The average molecular weight is 449 g/mol. The van der Waals surface area contributed by atoms with Crippen LogP contribution in [0.15, 0.2) is 42.5 Å². The molecule has 3 aromatic rings. The van der Waals surface area contributed by atoms with E-state index in [0.717, 1.165) is 59.6 Å². The van der Waals surface area contributed by atoms with Crippen molar-refractivity contribution in [3.05, 3.63) is 53.6 Å². The van der Waals surface area contributed by atoms with E-state index >= 15 is 0 Å². The van der Waals surface area contributed by atoms with Crippen molar-refractivity contribution in [2.24, 2.45) is 11.8 Å². The van der Waals surface area contributed by atoms with Gasteiger partial charge >= 0.3 is 6.09 Å². The summed E-state index contributed by atoms with van der Waals surface area (Å²) in [5, 5.41) is 4.02. The van der Waals surface area contributed by atoms with Crippen molar-refractivity contribution in [1.29, 1.82) is 0 Å². The predicted molar refractivity (Wildman–Crippen MR) is 136 cm³/mol. The van der Waals surface area contributed by atoms with Gasteiger partial charge in [0.1, 0.15) is 5.82 Å². The lowest BCUT2D eigenvalue weighted by Crippen LogP contribution is -2.41. The molecule has 0 saturated carbocycles. The van der Waals surface area contributed by atoms with Crippen molar-refractivity contribution in [3.63, 3.8) is 0 Å². The molecule has 1 atom stereocenters. The van der Waals surface area contributed by atoms with Gasteiger partial charge in [0.15, 0.2) is 5.82 Å². The Kier molecular flexibility index (Phi) is 7.11. The first-order valence-corrected chi connectivity index (χ1v) is 11.9. The van der Waals surface area contributed by atoms with E-state index in [4.69, 9.17) is 14.7 Å². The topological polar surface area (TPSA) is 67.4 Å². The molecule has 1 aliphatic heterocycles. The molecule has 1 N–H and O–H groups in total. The van der Waals surface area contributed by atoms with Crippen molar-refractivity contribution in [1.82, 2.24) is 15.3 Å². The third-order valence-corrected chi connectivity index (χ3v) is 6.12. The number of aromatic nitrogens is 2. The van der Waals surface area contributed by atoms with Crippen molar-refractivity contribution in [3.8, 4) is 11.4 Å². The molecule has 1 saturated heterocycles. The summed E-state index contributed by atoms with van der Waals surface area (Å²) >= 11 is 0. The molecule has 6 heteroatoms. The number of anilines is 1. The first kappa shape index (κ1) is 23.0. The second-order valence-corrected chi connectivity index (χ2v) is 9.53. The molecule has 6 nitrogen and oxygen atoms in total.